The summed E-state index contributed by atoms with van der Waals surface area (Å²) in [5, 5.41) is 8.47. The van der Waals surface area contributed by atoms with Crippen LogP contribution in [0.4, 0.5) is 0 Å². The highest BCUT2D eigenvalue weighted by Crippen LogP contribution is 2.04. The summed E-state index contributed by atoms with van der Waals surface area (Å²) < 4.78 is 0. The lowest BCUT2D eigenvalue weighted by atomic mass is 10.2. The van der Waals surface area contributed by atoms with Crippen molar-refractivity contribution >= 4 is 5.97 Å². The second-order valence-electron chi connectivity index (χ2n) is 3.67. The third-order valence-corrected chi connectivity index (χ3v) is 2.07. The van der Waals surface area contributed by atoms with E-state index < -0.39 is 5.97 Å². The number of hydrogen-bond acceptors (Lipinski definition) is 3. The van der Waals surface area contributed by atoms with E-state index in [1.165, 1.54) is 0 Å². The van der Waals surface area contributed by atoms with Crippen LogP contribution >= 0.6 is 0 Å². The first-order chi connectivity index (χ1) is 7.08. The molecule has 0 aliphatic rings. The van der Waals surface area contributed by atoms with Crippen molar-refractivity contribution in [2.75, 3.05) is 0 Å². The molecule has 1 N–H and O–H groups in total. The number of hydrogen-bond donors (Lipinski definition) is 1. The molecule has 0 saturated carbocycles. The minimum Gasteiger partial charge on any atom is -0.481 e. The number of carboxylic acids is 1. The van der Waals surface area contributed by atoms with Crippen LogP contribution in [0.3, 0.4) is 0 Å². The number of carbonyl (C=O) groups is 1. The molecule has 0 unspecified atom stereocenters. The highest BCUT2D eigenvalue weighted by atomic mass is 16.4. The van der Waals surface area contributed by atoms with E-state index in [9.17, 15) is 4.79 Å². The smallest absolute Gasteiger partial charge is 0.303 e. The Hall–Kier alpha value is -1.45. The Morgan fingerprint density at radius 2 is 1.87 bits per heavy atom. The molecular formula is C11H16N2O2. The van der Waals surface area contributed by atoms with Gasteiger partial charge in [0.2, 0.25) is 0 Å². The molecule has 0 fully saturated rings. The largest absolute Gasteiger partial charge is 0.481 e. The topological polar surface area (TPSA) is 63.1 Å². The normalized spacial score (nSPS) is 10.3. The summed E-state index contributed by atoms with van der Waals surface area (Å²) in [5.41, 5.74) is 1.94. The van der Waals surface area contributed by atoms with Gasteiger partial charge in [-0.1, -0.05) is 0 Å². The number of carboxylic acid groups (broad SMARTS) is 1. The summed E-state index contributed by atoms with van der Waals surface area (Å²) in [6, 6.07) is 1.93. The summed E-state index contributed by atoms with van der Waals surface area (Å²) in [6.07, 6.45) is 2.50. The minimum absolute atomic E-state index is 0.227. The Morgan fingerprint density at radius 1 is 1.27 bits per heavy atom. The van der Waals surface area contributed by atoms with Gasteiger partial charge in [0.25, 0.3) is 0 Å². The van der Waals surface area contributed by atoms with Gasteiger partial charge in [-0.25, -0.2) is 9.97 Å². The van der Waals surface area contributed by atoms with Gasteiger partial charge in [-0.05, 0) is 32.8 Å². The van der Waals surface area contributed by atoms with E-state index in [0.717, 1.165) is 30.1 Å². The van der Waals surface area contributed by atoms with Crippen LogP contribution in [0.25, 0.3) is 0 Å². The van der Waals surface area contributed by atoms with Crippen molar-refractivity contribution in [1.29, 1.82) is 0 Å². The number of unbranched alkanes of at least 4 members (excludes halogenated alkanes) is 1. The van der Waals surface area contributed by atoms with Crippen molar-refractivity contribution in [3.63, 3.8) is 0 Å². The molecular weight excluding hydrogens is 192 g/mol. The molecule has 0 aliphatic heterocycles. The molecule has 0 aromatic carbocycles. The van der Waals surface area contributed by atoms with E-state index in [0.29, 0.717) is 6.42 Å². The average molecular weight is 208 g/mol. The predicted molar refractivity (Wildman–Crippen MR) is 56.7 cm³/mol. The lowest BCUT2D eigenvalue weighted by Crippen LogP contribution is -2.00. The van der Waals surface area contributed by atoms with Crippen molar-refractivity contribution in [3.05, 3.63) is 23.3 Å². The average Bonchev–Trinajstić information content (AvgIpc) is 2.10. The molecule has 0 amide bonds. The third-order valence-electron chi connectivity index (χ3n) is 2.07. The van der Waals surface area contributed by atoms with Gasteiger partial charge < -0.3 is 5.11 Å². The van der Waals surface area contributed by atoms with Crippen LogP contribution in [-0.2, 0) is 11.2 Å². The summed E-state index contributed by atoms with van der Waals surface area (Å²) in [5.74, 6) is 0.0780. The number of aliphatic carboxylic acids is 1. The van der Waals surface area contributed by atoms with Crippen molar-refractivity contribution in [2.24, 2.45) is 0 Å². The van der Waals surface area contributed by atoms with E-state index in [2.05, 4.69) is 9.97 Å². The Labute approximate surface area is 89.4 Å². The Bertz CT molecular complexity index is 330. The molecule has 4 nitrogen and oxygen atoms in total. The summed E-state index contributed by atoms with van der Waals surface area (Å²) in [7, 11) is 0. The zero-order valence-corrected chi connectivity index (χ0v) is 9.16. The second kappa shape index (κ2) is 5.44. The summed E-state index contributed by atoms with van der Waals surface area (Å²) in [6.45, 7) is 3.88. The third kappa shape index (κ3) is 4.54. The number of nitrogens with zero attached hydrogens (tertiary/aromatic N) is 2. The monoisotopic (exact) mass is 208 g/mol. The maximum atomic E-state index is 10.3. The lowest BCUT2D eigenvalue weighted by molar-refractivity contribution is -0.137. The molecule has 82 valence electrons. The molecule has 1 aromatic heterocycles. The highest BCUT2D eigenvalue weighted by molar-refractivity contribution is 5.66. The van der Waals surface area contributed by atoms with Crippen molar-refractivity contribution in [2.45, 2.75) is 39.5 Å². The van der Waals surface area contributed by atoms with Gasteiger partial charge in [0.05, 0.1) is 0 Å². The number of aryl methyl sites for hydroxylation is 3. The molecule has 0 saturated heterocycles. The maximum absolute atomic E-state index is 10.3. The quantitative estimate of drug-likeness (QED) is 0.750. The molecule has 0 radical (unpaired) electrons. The molecule has 15 heavy (non-hydrogen) atoms. The number of aromatic nitrogens is 2. The fraction of sp³-hybridized carbons (Fsp3) is 0.545. The molecule has 0 atom stereocenters. The summed E-state index contributed by atoms with van der Waals surface area (Å²) in [4.78, 5) is 18.9. The molecule has 1 rings (SSSR count). The predicted octanol–water partition coefficient (Wildman–Crippen LogP) is 1.89. The molecule has 1 heterocycles. The van der Waals surface area contributed by atoms with Gasteiger partial charge in [0.1, 0.15) is 5.82 Å². The SMILES string of the molecule is Cc1cc(C)nc(CCCCC(=O)O)n1. The van der Waals surface area contributed by atoms with Crippen molar-refractivity contribution in [1.82, 2.24) is 9.97 Å². The maximum Gasteiger partial charge on any atom is 0.303 e. The standard InChI is InChI=1S/C11H16N2O2/c1-8-7-9(2)13-10(12-8)5-3-4-6-11(14)15/h7H,3-6H2,1-2H3,(H,14,15). The van der Waals surface area contributed by atoms with E-state index >= 15 is 0 Å². The Kier molecular flexibility index (Phi) is 4.21. The van der Waals surface area contributed by atoms with Crippen LogP contribution in [-0.4, -0.2) is 21.0 Å². The van der Waals surface area contributed by atoms with Gasteiger partial charge in [0.15, 0.2) is 0 Å². The van der Waals surface area contributed by atoms with E-state index in [4.69, 9.17) is 5.11 Å². The van der Waals surface area contributed by atoms with Gasteiger partial charge in [-0.15, -0.1) is 0 Å². The molecule has 0 bridgehead atoms. The number of rotatable bonds is 5. The van der Waals surface area contributed by atoms with Gasteiger partial charge in [-0.3, -0.25) is 4.79 Å². The van der Waals surface area contributed by atoms with Crippen LogP contribution in [0.2, 0.25) is 0 Å². The van der Waals surface area contributed by atoms with Gasteiger partial charge in [0, 0.05) is 24.2 Å². The first kappa shape index (κ1) is 11.6. The fourth-order valence-electron chi connectivity index (χ4n) is 1.47. The zero-order chi connectivity index (χ0) is 11.3. The Balaban J connectivity index is 2.40. The molecule has 0 spiro atoms. The zero-order valence-electron chi connectivity index (χ0n) is 9.16. The molecule has 0 aliphatic carbocycles. The van der Waals surface area contributed by atoms with E-state index in [1.807, 2.05) is 19.9 Å². The van der Waals surface area contributed by atoms with Crippen molar-refractivity contribution in [3.8, 4) is 0 Å². The minimum atomic E-state index is -0.739. The molecule has 1 aromatic rings. The second-order valence-corrected chi connectivity index (χ2v) is 3.67. The van der Waals surface area contributed by atoms with Crippen LogP contribution in [0.15, 0.2) is 6.07 Å². The fourth-order valence-corrected chi connectivity index (χ4v) is 1.47. The molecule has 4 heteroatoms. The first-order valence-electron chi connectivity index (χ1n) is 5.11. The van der Waals surface area contributed by atoms with Gasteiger partial charge in [-0.2, -0.15) is 0 Å². The van der Waals surface area contributed by atoms with Crippen LogP contribution in [0.1, 0.15) is 36.5 Å². The van der Waals surface area contributed by atoms with E-state index in [1.54, 1.807) is 0 Å². The summed E-state index contributed by atoms with van der Waals surface area (Å²) >= 11 is 0. The van der Waals surface area contributed by atoms with Crippen molar-refractivity contribution < 1.29 is 9.90 Å². The van der Waals surface area contributed by atoms with E-state index in [-0.39, 0.29) is 6.42 Å². The van der Waals surface area contributed by atoms with Crippen LogP contribution in [0, 0.1) is 13.8 Å². The van der Waals surface area contributed by atoms with Crippen LogP contribution < -0.4 is 0 Å². The van der Waals surface area contributed by atoms with Gasteiger partial charge >= 0.3 is 5.97 Å². The van der Waals surface area contributed by atoms with Crippen LogP contribution in [0.5, 0.6) is 0 Å². The Morgan fingerprint density at radius 3 is 2.40 bits per heavy atom. The highest BCUT2D eigenvalue weighted by Gasteiger charge is 2.01. The first-order valence-corrected chi connectivity index (χ1v) is 5.11. The lowest BCUT2D eigenvalue weighted by Gasteiger charge is -2.02.